The molecule has 1 atom stereocenters. The van der Waals surface area contributed by atoms with Gasteiger partial charge in [-0.25, -0.2) is 0 Å². The zero-order valence-corrected chi connectivity index (χ0v) is 26.3. The van der Waals surface area contributed by atoms with Gasteiger partial charge in [0, 0.05) is 25.4 Å². The minimum Gasteiger partial charge on any atom is -0.379 e. The second-order valence-corrected chi connectivity index (χ2v) is 10.7. The fourth-order valence-electron chi connectivity index (χ4n) is 4.46. The number of amides is 3. The van der Waals surface area contributed by atoms with Crippen molar-refractivity contribution in [3.05, 3.63) is 0 Å². The third kappa shape index (κ3) is 18.0. The molecule has 2 heterocycles. The monoisotopic (exact) mass is 618 g/mol. The van der Waals surface area contributed by atoms with E-state index in [0.717, 1.165) is 31.8 Å². The molecular weight excluding hydrogens is 564 g/mol. The number of carbonyl (C=O) groups is 3. The number of ether oxygens (including phenoxy) is 8. The second kappa shape index (κ2) is 24.6. The van der Waals surface area contributed by atoms with Crippen molar-refractivity contribution in [2.24, 2.45) is 11.8 Å². The summed E-state index contributed by atoms with van der Waals surface area (Å²) in [6, 6.07) is 0. The number of likely N-dealkylation sites (tertiary alicyclic amines) is 2. The Morgan fingerprint density at radius 1 is 0.605 bits per heavy atom. The Morgan fingerprint density at radius 2 is 0.977 bits per heavy atom. The zero-order valence-electron chi connectivity index (χ0n) is 26.3. The summed E-state index contributed by atoms with van der Waals surface area (Å²) in [6.07, 6.45) is 2.91. The van der Waals surface area contributed by atoms with E-state index in [-0.39, 0.29) is 30.1 Å². The maximum Gasteiger partial charge on any atom is 0.232 e. The molecule has 3 amide bonds. The summed E-state index contributed by atoms with van der Waals surface area (Å²) >= 11 is 0. The van der Waals surface area contributed by atoms with Crippen LogP contribution in [0.1, 0.15) is 39.5 Å². The van der Waals surface area contributed by atoms with Gasteiger partial charge in [0.15, 0.2) is 0 Å². The Morgan fingerprint density at radius 3 is 1.35 bits per heavy atom. The summed E-state index contributed by atoms with van der Waals surface area (Å²) in [5, 5.41) is 0. The lowest BCUT2D eigenvalue weighted by Crippen LogP contribution is -2.38. The number of carbonyl (C=O) groups excluding carboxylic acids is 3. The van der Waals surface area contributed by atoms with Gasteiger partial charge in [0.05, 0.1) is 119 Å². The third-order valence-corrected chi connectivity index (χ3v) is 7.13. The van der Waals surface area contributed by atoms with E-state index in [4.69, 9.17) is 37.9 Å². The lowest BCUT2D eigenvalue weighted by molar-refractivity contribution is -0.140. The summed E-state index contributed by atoms with van der Waals surface area (Å²) in [5.41, 5.74) is 0. The zero-order chi connectivity index (χ0) is 31.0. The van der Waals surface area contributed by atoms with Crippen LogP contribution < -0.4 is 0 Å². The molecule has 13 heteroatoms. The van der Waals surface area contributed by atoms with Crippen molar-refractivity contribution in [1.82, 2.24) is 9.80 Å². The first-order chi connectivity index (χ1) is 21.0. The molecule has 0 N–H and O–H groups in total. The Labute approximate surface area is 256 Å². The summed E-state index contributed by atoms with van der Waals surface area (Å²) in [4.78, 5) is 38.8. The van der Waals surface area contributed by atoms with Crippen LogP contribution in [0.3, 0.4) is 0 Å². The molecule has 0 aromatic carbocycles. The number of piperidine rings is 1. The van der Waals surface area contributed by atoms with Crippen LogP contribution in [-0.4, -0.2) is 153 Å². The molecule has 0 aromatic heterocycles. The maximum atomic E-state index is 12.1. The fraction of sp³-hybridized carbons (Fsp3) is 0.900. The van der Waals surface area contributed by atoms with Crippen LogP contribution in [0, 0.1) is 11.8 Å². The molecule has 0 aliphatic carbocycles. The van der Waals surface area contributed by atoms with Crippen LogP contribution in [0.5, 0.6) is 0 Å². The largest absolute Gasteiger partial charge is 0.379 e. The van der Waals surface area contributed by atoms with Crippen LogP contribution in [0.2, 0.25) is 0 Å². The number of nitrogens with zero attached hydrogens (tertiary/aromatic N) is 2. The van der Waals surface area contributed by atoms with Gasteiger partial charge in [-0.2, -0.15) is 0 Å². The van der Waals surface area contributed by atoms with Crippen molar-refractivity contribution in [1.29, 1.82) is 0 Å². The van der Waals surface area contributed by atoms with Crippen LogP contribution in [-0.2, 0) is 52.3 Å². The van der Waals surface area contributed by atoms with E-state index in [2.05, 4.69) is 6.92 Å². The van der Waals surface area contributed by atoms with Gasteiger partial charge in [0.25, 0.3) is 0 Å². The van der Waals surface area contributed by atoms with E-state index in [9.17, 15) is 14.4 Å². The van der Waals surface area contributed by atoms with Crippen molar-refractivity contribution in [2.45, 2.75) is 39.5 Å². The molecule has 2 aliphatic heterocycles. The number of imide groups is 1. The van der Waals surface area contributed by atoms with Crippen molar-refractivity contribution >= 4 is 17.7 Å². The van der Waals surface area contributed by atoms with Gasteiger partial charge in [-0.15, -0.1) is 0 Å². The highest BCUT2D eigenvalue weighted by atomic mass is 16.6. The van der Waals surface area contributed by atoms with Crippen molar-refractivity contribution in [3.63, 3.8) is 0 Å². The Hall–Kier alpha value is -1.71. The van der Waals surface area contributed by atoms with E-state index < -0.39 is 0 Å². The molecule has 1 unspecified atom stereocenters. The minimum atomic E-state index is -0.223. The van der Waals surface area contributed by atoms with Crippen LogP contribution in [0.4, 0.5) is 0 Å². The van der Waals surface area contributed by atoms with Crippen LogP contribution in [0.15, 0.2) is 0 Å². The van der Waals surface area contributed by atoms with E-state index >= 15 is 0 Å². The van der Waals surface area contributed by atoms with Crippen LogP contribution >= 0.6 is 0 Å². The number of hydrogen-bond acceptors (Lipinski definition) is 11. The lowest BCUT2D eigenvalue weighted by atomic mass is 9.99. The predicted octanol–water partition coefficient (Wildman–Crippen LogP) is 1.16. The first-order valence-electron chi connectivity index (χ1n) is 15.7. The average molecular weight is 619 g/mol. The standard InChI is InChI=1S/C30H54N2O11/c1-26-3-6-31(7-4-26)28(33)5-9-36-11-13-38-15-17-40-19-21-42-23-24-43-22-20-41-18-16-39-14-12-37-10-8-32-29(34)25-27(2)30(32)35/h26-27H,3-25H2,1-2H3. The lowest BCUT2D eigenvalue weighted by Gasteiger charge is -2.30. The molecule has 2 rings (SSSR count). The Kier molecular flexibility index (Phi) is 21.4. The highest BCUT2D eigenvalue weighted by Crippen LogP contribution is 2.18. The first-order valence-corrected chi connectivity index (χ1v) is 15.7. The summed E-state index contributed by atoms with van der Waals surface area (Å²) < 4.78 is 43.7. The Bertz CT molecular complexity index is 750. The second-order valence-electron chi connectivity index (χ2n) is 10.7. The van der Waals surface area contributed by atoms with E-state index in [1.54, 1.807) is 6.92 Å². The van der Waals surface area contributed by atoms with Crippen LogP contribution in [0.25, 0.3) is 0 Å². The Balaban J connectivity index is 1.19. The molecule has 2 aliphatic rings. The molecular formula is C30H54N2O11. The van der Waals surface area contributed by atoms with Gasteiger partial charge in [0.2, 0.25) is 17.7 Å². The first kappa shape index (κ1) is 37.5. The normalized spacial score (nSPS) is 17.9. The SMILES string of the molecule is CC1CCN(C(=O)CCOCCOCCOCCOCCOCCOCCOCCOCCN2C(=O)CC(C)C2=O)CC1. The van der Waals surface area contributed by atoms with Gasteiger partial charge < -0.3 is 42.8 Å². The van der Waals surface area contributed by atoms with Gasteiger partial charge >= 0.3 is 0 Å². The molecule has 2 saturated heterocycles. The maximum absolute atomic E-state index is 12.1. The minimum absolute atomic E-state index is 0.121. The van der Waals surface area contributed by atoms with E-state index in [1.807, 2.05) is 4.90 Å². The molecule has 0 radical (unpaired) electrons. The van der Waals surface area contributed by atoms with Gasteiger partial charge in [-0.1, -0.05) is 13.8 Å². The predicted molar refractivity (Wildman–Crippen MR) is 157 cm³/mol. The van der Waals surface area contributed by atoms with Crippen molar-refractivity contribution < 1.29 is 52.3 Å². The smallest absolute Gasteiger partial charge is 0.232 e. The van der Waals surface area contributed by atoms with E-state index in [1.165, 1.54) is 4.90 Å². The van der Waals surface area contributed by atoms with Crippen molar-refractivity contribution in [3.8, 4) is 0 Å². The fourth-order valence-corrected chi connectivity index (χ4v) is 4.46. The molecule has 2 fully saturated rings. The molecule has 0 spiro atoms. The summed E-state index contributed by atoms with van der Waals surface area (Å²) in [7, 11) is 0. The highest BCUT2D eigenvalue weighted by Gasteiger charge is 2.34. The van der Waals surface area contributed by atoms with E-state index in [0.29, 0.717) is 119 Å². The number of rotatable bonds is 27. The molecule has 43 heavy (non-hydrogen) atoms. The topological polar surface area (TPSA) is 132 Å². The van der Waals surface area contributed by atoms with Gasteiger partial charge in [-0.05, 0) is 18.8 Å². The quantitative estimate of drug-likeness (QED) is 0.0971. The molecule has 0 saturated carbocycles. The third-order valence-electron chi connectivity index (χ3n) is 7.13. The molecule has 0 bridgehead atoms. The number of hydrogen-bond donors (Lipinski definition) is 0. The molecule has 250 valence electrons. The average Bonchev–Trinajstić information content (AvgIpc) is 3.24. The van der Waals surface area contributed by atoms with Gasteiger partial charge in [-0.3, -0.25) is 19.3 Å². The summed E-state index contributed by atoms with van der Waals surface area (Å²) in [5.74, 6) is 0.430. The molecule has 13 nitrogen and oxygen atoms in total. The van der Waals surface area contributed by atoms with Gasteiger partial charge in [0.1, 0.15) is 0 Å². The molecule has 0 aromatic rings. The summed E-state index contributed by atoms with van der Waals surface area (Å²) in [6.45, 7) is 13.3. The highest BCUT2D eigenvalue weighted by molar-refractivity contribution is 6.03. The van der Waals surface area contributed by atoms with Crippen molar-refractivity contribution in [2.75, 3.05) is 125 Å².